The lowest BCUT2D eigenvalue weighted by Crippen LogP contribution is -2.14. The second kappa shape index (κ2) is 8.18. The van der Waals surface area contributed by atoms with Gasteiger partial charge in [-0.1, -0.05) is 0 Å². The number of nitrogens with one attached hydrogen (secondary N) is 2. The normalized spacial score (nSPS) is 10.2. The number of anilines is 3. The smallest absolute Gasteiger partial charge is 0.274 e. The van der Waals surface area contributed by atoms with Crippen LogP contribution in [-0.2, 0) is 0 Å². The number of benzene rings is 2. The summed E-state index contributed by atoms with van der Waals surface area (Å²) in [5.74, 6) is 0.433. The topological polar surface area (TPSA) is 72.5 Å². The van der Waals surface area contributed by atoms with E-state index in [0.717, 1.165) is 5.69 Å². The minimum absolute atomic E-state index is 0.248. The molecule has 0 fully saturated rings. The van der Waals surface area contributed by atoms with E-state index in [4.69, 9.17) is 9.47 Å². The fourth-order valence-corrected chi connectivity index (χ4v) is 2.39. The van der Waals surface area contributed by atoms with E-state index in [9.17, 15) is 9.18 Å². The standard InChI is InChI=1S/C20H18FN3O3/c1-26-16-8-10-17(19(11-16)27-2)24-20(25)18-9-7-15(12-22-18)23-14-5-3-13(21)4-6-14/h3-12,23H,1-2H3,(H,24,25). The SMILES string of the molecule is COc1ccc(NC(=O)c2ccc(Nc3ccc(F)cc3)cn2)c(OC)c1. The zero-order chi connectivity index (χ0) is 19.2. The molecule has 0 spiro atoms. The van der Waals surface area contributed by atoms with Crippen LogP contribution >= 0.6 is 0 Å². The summed E-state index contributed by atoms with van der Waals surface area (Å²) in [4.78, 5) is 16.6. The molecule has 2 N–H and O–H groups in total. The molecule has 0 radical (unpaired) electrons. The summed E-state index contributed by atoms with van der Waals surface area (Å²) in [5, 5.41) is 5.84. The summed E-state index contributed by atoms with van der Waals surface area (Å²) in [6, 6.07) is 14.4. The number of methoxy groups -OCH3 is 2. The molecule has 27 heavy (non-hydrogen) atoms. The highest BCUT2D eigenvalue weighted by atomic mass is 19.1. The number of ether oxygens (including phenoxy) is 2. The minimum Gasteiger partial charge on any atom is -0.497 e. The second-order valence-electron chi connectivity index (χ2n) is 5.58. The maximum Gasteiger partial charge on any atom is 0.274 e. The van der Waals surface area contributed by atoms with Crippen LogP contribution in [-0.4, -0.2) is 25.1 Å². The number of aromatic nitrogens is 1. The van der Waals surface area contributed by atoms with Gasteiger partial charge in [0.2, 0.25) is 0 Å². The average Bonchev–Trinajstić information content (AvgIpc) is 2.70. The fraction of sp³-hybridized carbons (Fsp3) is 0.100. The monoisotopic (exact) mass is 367 g/mol. The third-order valence-electron chi connectivity index (χ3n) is 3.79. The van der Waals surface area contributed by atoms with Gasteiger partial charge in [-0.2, -0.15) is 0 Å². The van der Waals surface area contributed by atoms with Crippen LogP contribution in [0.5, 0.6) is 11.5 Å². The Hall–Kier alpha value is -3.61. The molecular weight excluding hydrogens is 349 g/mol. The van der Waals surface area contributed by atoms with Crippen molar-refractivity contribution < 1.29 is 18.7 Å². The van der Waals surface area contributed by atoms with Crippen LogP contribution in [0.3, 0.4) is 0 Å². The molecule has 3 rings (SSSR count). The van der Waals surface area contributed by atoms with Crippen molar-refractivity contribution in [2.75, 3.05) is 24.9 Å². The largest absolute Gasteiger partial charge is 0.497 e. The van der Waals surface area contributed by atoms with Gasteiger partial charge in [0.05, 0.1) is 31.8 Å². The molecule has 0 bridgehead atoms. The summed E-state index contributed by atoms with van der Waals surface area (Å²) in [6.07, 6.45) is 1.53. The van der Waals surface area contributed by atoms with Crippen LogP contribution in [0.15, 0.2) is 60.8 Å². The van der Waals surface area contributed by atoms with E-state index in [0.29, 0.717) is 22.9 Å². The Labute approximate surface area is 156 Å². The molecule has 1 heterocycles. The van der Waals surface area contributed by atoms with Crippen molar-refractivity contribution in [3.63, 3.8) is 0 Å². The van der Waals surface area contributed by atoms with Gasteiger partial charge in [-0.3, -0.25) is 4.79 Å². The predicted octanol–water partition coefficient (Wildman–Crippen LogP) is 4.23. The van der Waals surface area contributed by atoms with Crippen LogP contribution in [0.25, 0.3) is 0 Å². The van der Waals surface area contributed by atoms with E-state index in [1.54, 1.807) is 49.6 Å². The first-order chi connectivity index (χ1) is 13.1. The molecule has 0 atom stereocenters. The van der Waals surface area contributed by atoms with Crippen LogP contribution in [0, 0.1) is 5.82 Å². The molecule has 3 aromatic rings. The van der Waals surface area contributed by atoms with Crippen LogP contribution in [0.2, 0.25) is 0 Å². The van der Waals surface area contributed by atoms with Gasteiger partial charge in [0.15, 0.2) is 0 Å². The number of pyridine rings is 1. The lowest BCUT2D eigenvalue weighted by molar-refractivity contribution is 0.102. The quantitative estimate of drug-likeness (QED) is 0.682. The molecule has 0 unspecified atom stereocenters. The molecular formula is C20H18FN3O3. The number of halogens is 1. The Morgan fingerprint density at radius 1 is 0.963 bits per heavy atom. The number of rotatable bonds is 6. The summed E-state index contributed by atoms with van der Waals surface area (Å²) < 4.78 is 23.3. The third-order valence-corrected chi connectivity index (χ3v) is 3.79. The van der Waals surface area contributed by atoms with Gasteiger partial charge in [0, 0.05) is 11.8 Å². The molecule has 1 amide bonds. The van der Waals surface area contributed by atoms with Crippen molar-refractivity contribution in [3.05, 3.63) is 72.3 Å². The van der Waals surface area contributed by atoms with Gasteiger partial charge in [-0.25, -0.2) is 9.37 Å². The Balaban J connectivity index is 1.69. The van der Waals surface area contributed by atoms with Crippen molar-refractivity contribution in [1.82, 2.24) is 4.98 Å². The first-order valence-corrected chi connectivity index (χ1v) is 8.11. The Morgan fingerprint density at radius 3 is 2.33 bits per heavy atom. The first kappa shape index (κ1) is 18.2. The highest BCUT2D eigenvalue weighted by Crippen LogP contribution is 2.29. The number of carbonyl (C=O) groups is 1. The second-order valence-corrected chi connectivity index (χ2v) is 5.58. The highest BCUT2D eigenvalue weighted by molar-refractivity contribution is 6.03. The van der Waals surface area contributed by atoms with Crippen LogP contribution < -0.4 is 20.1 Å². The number of carbonyl (C=O) groups excluding carboxylic acids is 1. The Morgan fingerprint density at radius 2 is 1.70 bits per heavy atom. The lowest BCUT2D eigenvalue weighted by Gasteiger charge is -2.11. The molecule has 0 saturated carbocycles. The van der Waals surface area contributed by atoms with Crippen molar-refractivity contribution in [2.45, 2.75) is 0 Å². The van der Waals surface area contributed by atoms with E-state index in [1.807, 2.05) is 0 Å². The van der Waals surface area contributed by atoms with Crippen molar-refractivity contribution in [3.8, 4) is 11.5 Å². The Bertz CT molecular complexity index is 928. The summed E-state index contributed by atoms with van der Waals surface area (Å²) in [5.41, 5.74) is 2.16. The van der Waals surface area contributed by atoms with Crippen molar-refractivity contribution in [1.29, 1.82) is 0 Å². The molecule has 6 nitrogen and oxygen atoms in total. The summed E-state index contributed by atoms with van der Waals surface area (Å²) >= 11 is 0. The molecule has 0 aliphatic heterocycles. The molecule has 0 aliphatic rings. The molecule has 2 aromatic carbocycles. The van der Waals surface area contributed by atoms with E-state index in [1.165, 1.54) is 25.4 Å². The summed E-state index contributed by atoms with van der Waals surface area (Å²) in [7, 11) is 3.07. The van der Waals surface area contributed by atoms with E-state index < -0.39 is 0 Å². The Kier molecular flexibility index (Phi) is 5.51. The van der Waals surface area contributed by atoms with Crippen molar-refractivity contribution >= 4 is 23.0 Å². The van der Waals surface area contributed by atoms with Gasteiger partial charge in [0.1, 0.15) is 23.0 Å². The van der Waals surface area contributed by atoms with Gasteiger partial charge in [-0.15, -0.1) is 0 Å². The van der Waals surface area contributed by atoms with E-state index in [-0.39, 0.29) is 17.4 Å². The molecule has 0 saturated heterocycles. The van der Waals surface area contributed by atoms with Gasteiger partial charge < -0.3 is 20.1 Å². The molecule has 7 heteroatoms. The van der Waals surface area contributed by atoms with E-state index >= 15 is 0 Å². The van der Waals surface area contributed by atoms with E-state index in [2.05, 4.69) is 15.6 Å². The maximum atomic E-state index is 12.9. The van der Waals surface area contributed by atoms with Gasteiger partial charge in [-0.05, 0) is 48.5 Å². The van der Waals surface area contributed by atoms with Crippen LogP contribution in [0.4, 0.5) is 21.5 Å². The third kappa shape index (κ3) is 4.52. The van der Waals surface area contributed by atoms with Gasteiger partial charge in [0.25, 0.3) is 5.91 Å². The molecule has 1 aromatic heterocycles. The molecule has 0 aliphatic carbocycles. The fourth-order valence-electron chi connectivity index (χ4n) is 2.39. The minimum atomic E-state index is -0.369. The zero-order valence-electron chi connectivity index (χ0n) is 14.8. The highest BCUT2D eigenvalue weighted by Gasteiger charge is 2.12. The number of amides is 1. The summed E-state index contributed by atoms with van der Waals surface area (Å²) in [6.45, 7) is 0. The maximum absolute atomic E-state index is 12.9. The zero-order valence-corrected chi connectivity index (χ0v) is 14.8. The number of nitrogens with zero attached hydrogens (tertiary/aromatic N) is 1. The van der Waals surface area contributed by atoms with Gasteiger partial charge >= 0.3 is 0 Å². The van der Waals surface area contributed by atoms with Crippen molar-refractivity contribution in [2.24, 2.45) is 0 Å². The molecule has 138 valence electrons. The predicted molar refractivity (Wildman–Crippen MR) is 101 cm³/mol. The number of hydrogen-bond acceptors (Lipinski definition) is 5. The number of hydrogen-bond donors (Lipinski definition) is 2. The average molecular weight is 367 g/mol. The first-order valence-electron chi connectivity index (χ1n) is 8.11. The van der Waals surface area contributed by atoms with Crippen LogP contribution in [0.1, 0.15) is 10.5 Å². The lowest BCUT2D eigenvalue weighted by atomic mass is 10.2.